The summed E-state index contributed by atoms with van der Waals surface area (Å²) in [6.45, 7) is 5.85. The van der Waals surface area contributed by atoms with Crippen LogP contribution in [0.3, 0.4) is 0 Å². The van der Waals surface area contributed by atoms with Crippen LogP contribution >= 0.6 is 11.3 Å². The first-order valence-corrected chi connectivity index (χ1v) is 11.0. The first-order chi connectivity index (χ1) is 13.5. The Labute approximate surface area is 169 Å². The van der Waals surface area contributed by atoms with Gasteiger partial charge < -0.3 is 19.4 Å². The van der Waals surface area contributed by atoms with Crippen LogP contribution in [0.15, 0.2) is 16.8 Å². The molecular weight excluding hydrogens is 378 g/mol. The molecule has 1 aromatic heterocycles. The topological polar surface area (TPSA) is 70.2 Å². The van der Waals surface area contributed by atoms with Crippen LogP contribution < -0.4 is 0 Å². The summed E-state index contributed by atoms with van der Waals surface area (Å²) in [5, 5.41) is 3.82. The summed E-state index contributed by atoms with van der Waals surface area (Å²) < 4.78 is 5.04. The minimum absolute atomic E-state index is 0.0834. The Hall–Kier alpha value is -2.09. The van der Waals surface area contributed by atoms with Gasteiger partial charge in [0.05, 0.1) is 12.2 Å². The van der Waals surface area contributed by atoms with Crippen molar-refractivity contribution < 1.29 is 19.1 Å². The third-order valence-corrected chi connectivity index (χ3v) is 7.10. The van der Waals surface area contributed by atoms with Gasteiger partial charge in [0.15, 0.2) is 0 Å². The molecule has 3 aliphatic rings. The van der Waals surface area contributed by atoms with Gasteiger partial charge in [0.25, 0.3) is 5.91 Å². The van der Waals surface area contributed by atoms with Crippen LogP contribution in [0.5, 0.6) is 0 Å². The van der Waals surface area contributed by atoms with Crippen molar-refractivity contribution in [2.24, 2.45) is 11.3 Å². The molecule has 1 saturated carbocycles. The van der Waals surface area contributed by atoms with E-state index in [9.17, 15) is 14.4 Å². The highest BCUT2D eigenvalue weighted by Gasteiger charge is 2.59. The van der Waals surface area contributed by atoms with Crippen LogP contribution in [-0.4, -0.2) is 78.5 Å². The fourth-order valence-corrected chi connectivity index (χ4v) is 5.15. The first kappa shape index (κ1) is 19.2. The van der Waals surface area contributed by atoms with E-state index in [1.165, 1.54) is 11.3 Å². The predicted octanol–water partition coefficient (Wildman–Crippen LogP) is 2.29. The Morgan fingerprint density at radius 3 is 2.36 bits per heavy atom. The molecule has 28 heavy (non-hydrogen) atoms. The lowest BCUT2D eigenvalue weighted by molar-refractivity contribution is -0.135. The minimum atomic E-state index is -0.292. The van der Waals surface area contributed by atoms with Crippen molar-refractivity contribution in [3.8, 4) is 0 Å². The zero-order chi connectivity index (χ0) is 19.7. The largest absolute Gasteiger partial charge is 0.450 e. The number of carbonyl (C=O) groups is 3. The van der Waals surface area contributed by atoms with E-state index in [2.05, 4.69) is 0 Å². The molecule has 0 radical (unpaired) electrons. The summed E-state index contributed by atoms with van der Waals surface area (Å²) in [6, 6.07) is 1.87. The Balaban J connectivity index is 1.26. The lowest BCUT2D eigenvalue weighted by Crippen LogP contribution is -2.51. The number of hydrogen-bond acceptors (Lipinski definition) is 5. The van der Waals surface area contributed by atoms with Crippen LogP contribution in [0.25, 0.3) is 0 Å². The summed E-state index contributed by atoms with van der Waals surface area (Å²) in [5.41, 5.74) is 0.852. The monoisotopic (exact) mass is 405 g/mol. The molecule has 1 spiro atoms. The van der Waals surface area contributed by atoms with Crippen molar-refractivity contribution >= 4 is 29.2 Å². The van der Waals surface area contributed by atoms with Crippen molar-refractivity contribution in [2.45, 2.75) is 26.2 Å². The molecule has 2 aliphatic heterocycles. The van der Waals surface area contributed by atoms with Gasteiger partial charge in [-0.1, -0.05) is 0 Å². The van der Waals surface area contributed by atoms with E-state index in [1.54, 1.807) is 11.8 Å². The molecule has 0 N–H and O–H groups in total. The molecule has 1 atom stereocenters. The van der Waals surface area contributed by atoms with Crippen LogP contribution in [0.2, 0.25) is 0 Å². The maximum Gasteiger partial charge on any atom is 0.409 e. The maximum atomic E-state index is 13.0. The average Bonchev–Trinajstić information content (AvgIpc) is 3.15. The van der Waals surface area contributed by atoms with Gasteiger partial charge in [-0.25, -0.2) is 4.79 Å². The highest BCUT2D eigenvalue weighted by molar-refractivity contribution is 7.08. The third kappa shape index (κ3) is 3.62. The van der Waals surface area contributed by atoms with Crippen molar-refractivity contribution in [3.63, 3.8) is 0 Å². The molecular formula is C20H27N3O4S. The molecule has 1 aliphatic carbocycles. The SMILES string of the molecule is CCOC(=O)N1CCN(C(=O)C2CC23CCN(C(=O)c2ccsc2)CC3)CC1. The van der Waals surface area contributed by atoms with Crippen LogP contribution in [0, 0.1) is 11.3 Å². The lowest BCUT2D eigenvalue weighted by atomic mass is 9.90. The highest BCUT2D eigenvalue weighted by Crippen LogP contribution is 2.60. The smallest absolute Gasteiger partial charge is 0.409 e. The molecule has 8 heteroatoms. The van der Waals surface area contributed by atoms with Gasteiger partial charge in [0, 0.05) is 50.6 Å². The summed E-state index contributed by atoms with van der Waals surface area (Å²) in [5.74, 6) is 0.413. The zero-order valence-electron chi connectivity index (χ0n) is 16.3. The fraction of sp³-hybridized carbons (Fsp3) is 0.650. The maximum absolute atomic E-state index is 13.0. The second-order valence-electron chi connectivity index (χ2n) is 7.93. The molecule has 1 unspecified atom stereocenters. The van der Waals surface area contributed by atoms with Crippen LogP contribution in [0.4, 0.5) is 4.79 Å². The molecule has 3 fully saturated rings. The molecule has 3 amide bonds. The number of nitrogens with zero attached hydrogens (tertiary/aromatic N) is 3. The summed E-state index contributed by atoms with van der Waals surface area (Å²) in [7, 11) is 0. The predicted molar refractivity (Wildman–Crippen MR) is 105 cm³/mol. The molecule has 0 bridgehead atoms. The normalized spacial score (nSPS) is 23.6. The number of thiophene rings is 1. The number of hydrogen-bond donors (Lipinski definition) is 0. The Kier molecular flexibility index (Phi) is 5.31. The number of piperidine rings is 1. The summed E-state index contributed by atoms with van der Waals surface area (Å²) in [4.78, 5) is 42.7. The summed E-state index contributed by atoms with van der Waals surface area (Å²) >= 11 is 1.54. The van der Waals surface area contributed by atoms with Crippen molar-refractivity contribution in [3.05, 3.63) is 22.4 Å². The fourth-order valence-electron chi connectivity index (χ4n) is 4.52. The Bertz CT molecular complexity index is 735. The minimum Gasteiger partial charge on any atom is -0.450 e. The Morgan fingerprint density at radius 1 is 1.07 bits per heavy atom. The van der Waals surface area contributed by atoms with Gasteiger partial charge in [-0.2, -0.15) is 11.3 Å². The average molecular weight is 406 g/mol. The third-order valence-electron chi connectivity index (χ3n) is 6.42. The molecule has 152 valence electrons. The van der Waals surface area contributed by atoms with E-state index in [0.29, 0.717) is 32.8 Å². The van der Waals surface area contributed by atoms with E-state index >= 15 is 0 Å². The van der Waals surface area contributed by atoms with Gasteiger partial charge in [-0.3, -0.25) is 9.59 Å². The molecule has 4 rings (SSSR count). The number of amides is 3. The van der Waals surface area contributed by atoms with Gasteiger partial charge in [-0.15, -0.1) is 0 Å². The molecule has 2 saturated heterocycles. The number of likely N-dealkylation sites (tertiary alicyclic amines) is 1. The van der Waals surface area contributed by atoms with Crippen LogP contribution in [-0.2, 0) is 9.53 Å². The summed E-state index contributed by atoms with van der Waals surface area (Å²) in [6.07, 6.45) is 2.45. The van der Waals surface area contributed by atoms with Gasteiger partial charge >= 0.3 is 6.09 Å². The highest BCUT2D eigenvalue weighted by atomic mass is 32.1. The van der Waals surface area contributed by atoms with Crippen LogP contribution in [0.1, 0.15) is 36.5 Å². The lowest BCUT2D eigenvalue weighted by Gasteiger charge is -2.36. The van der Waals surface area contributed by atoms with Crippen molar-refractivity contribution in [1.82, 2.24) is 14.7 Å². The Morgan fingerprint density at radius 2 is 1.75 bits per heavy atom. The number of carbonyl (C=O) groups excluding carboxylic acids is 3. The van der Waals surface area contributed by atoms with Gasteiger partial charge in [-0.05, 0) is 43.0 Å². The van der Waals surface area contributed by atoms with Gasteiger partial charge in [0.1, 0.15) is 0 Å². The first-order valence-electron chi connectivity index (χ1n) is 10.1. The molecule has 1 aromatic rings. The number of rotatable bonds is 3. The number of piperazine rings is 1. The second-order valence-corrected chi connectivity index (χ2v) is 8.71. The second kappa shape index (κ2) is 7.73. The molecule has 3 heterocycles. The van der Waals surface area contributed by atoms with E-state index in [0.717, 1.165) is 37.9 Å². The van der Waals surface area contributed by atoms with E-state index in [4.69, 9.17) is 4.74 Å². The number of ether oxygens (including phenoxy) is 1. The molecule has 7 nitrogen and oxygen atoms in total. The van der Waals surface area contributed by atoms with Gasteiger partial charge in [0.2, 0.25) is 5.91 Å². The van der Waals surface area contributed by atoms with Crippen molar-refractivity contribution in [2.75, 3.05) is 45.9 Å². The van der Waals surface area contributed by atoms with E-state index in [-0.39, 0.29) is 29.2 Å². The van der Waals surface area contributed by atoms with E-state index < -0.39 is 0 Å². The standard InChI is InChI=1S/C20H27N3O4S/c1-2-27-19(26)23-10-8-22(9-11-23)18(25)16-13-20(16)4-6-21(7-5-20)17(24)15-3-12-28-14-15/h3,12,14,16H,2,4-11,13H2,1H3. The zero-order valence-corrected chi connectivity index (χ0v) is 17.1. The van der Waals surface area contributed by atoms with Crippen molar-refractivity contribution in [1.29, 1.82) is 0 Å². The molecule has 0 aromatic carbocycles. The quantitative estimate of drug-likeness (QED) is 0.774. The van der Waals surface area contributed by atoms with E-state index in [1.807, 2.05) is 26.6 Å².